The zero-order chi connectivity index (χ0) is 25.7. The van der Waals surface area contributed by atoms with Crippen molar-refractivity contribution in [2.75, 3.05) is 46.9 Å². The fraction of sp³-hybridized carbons (Fsp3) is 0.464. The largest absolute Gasteiger partial charge is 0.481 e. The third-order valence-electron chi connectivity index (χ3n) is 7.53. The number of likely N-dealkylation sites (N-methyl/N-ethyl adjacent to an activating group) is 1. The number of carboxylic acid groups (broad SMARTS) is 1. The first-order valence-electron chi connectivity index (χ1n) is 12.6. The zero-order valence-corrected chi connectivity index (χ0v) is 21.2. The highest BCUT2D eigenvalue weighted by atomic mass is 16.5. The van der Waals surface area contributed by atoms with Crippen LogP contribution in [0.4, 0.5) is 0 Å². The van der Waals surface area contributed by atoms with Crippen LogP contribution in [0.5, 0.6) is 0 Å². The molecule has 2 aromatic rings. The standard InChI is InChI=1S/C28H36N4O4/c1-31-12-14-32(15-13-31)30-19-20-3-5-22(6-4-20)27(35)23-8-7-21-9-10-24(18-26(33)34)28(29,11-16-36-2)25(21)17-23/h3-8,17,19,24H,9-16,18,29H2,1-2H3,(H,33,34). The molecule has 8 heteroatoms. The number of fused-ring (bicyclic) bond motifs is 1. The molecule has 4 rings (SSSR count). The van der Waals surface area contributed by atoms with Crippen LogP contribution >= 0.6 is 0 Å². The summed E-state index contributed by atoms with van der Waals surface area (Å²) in [5.41, 5.74) is 10.1. The van der Waals surface area contributed by atoms with E-state index in [1.807, 2.05) is 48.7 Å². The molecule has 2 aromatic carbocycles. The van der Waals surface area contributed by atoms with Crippen LogP contribution in [-0.4, -0.2) is 79.9 Å². The van der Waals surface area contributed by atoms with Crippen molar-refractivity contribution < 1.29 is 19.4 Å². The lowest BCUT2D eigenvalue weighted by Crippen LogP contribution is -2.49. The minimum atomic E-state index is -0.862. The second kappa shape index (κ2) is 11.3. The zero-order valence-electron chi connectivity index (χ0n) is 21.2. The second-order valence-corrected chi connectivity index (χ2v) is 9.94. The third-order valence-corrected chi connectivity index (χ3v) is 7.53. The van der Waals surface area contributed by atoms with Crippen molar-refractivity contribution in [2.45, 2.75) is 31.2 Å². The summed E-state index contributed by atoms with van der Waals surface area (Å²) in [5.74, 6) is -1.17. The monoisotopic (exact) mass is 492 g/mol. The van der Waals surface area contributed by atoms with Gasteiger partial charge in [0, 0.05) is 56.6 Å². The number of ketones is 1. The van der Waals surface area contributed by atoms with Crippen molar-refractivity contribution in [3.63, 3.8) is 0 Å². The minimum Gasteiger partial charge on any atom is -0.481 e. The normalized spacial score (nSPS) is 22.5. The topological polar surface area (TPSA) is 108 Å². The molecule has 192 valence electrons. The Hall–Kier alpha value is -3.07. The van der Waals surface area contributed by atoms with Crippen LogP contribution in [-0.2, 0) is 21.5 Å². The SMILES string of the molecule is COCCC1(N)c2cc(C(=O)c3ccc(C=NN4CCN(C)CC4)cc3)ccc2CCC1CC(=O)O. The Morgan fingerprint density at radius 2 is 1.83 bits per heavy atom. The van der Waals surface area contributed by atoms with Gasteiger partial charge in [-0.25, -0.2) is 0 Å². The Bertz CT molecular complexity index is 1110. The minimum absolute atomic E-state index is 0.00499. The maximum Gasteiger partial charge on any atom is 0.303 e. The molecule has 2 unspecified atom stereocenters. The lowest BCUT2D eigenvalue weighted by molar-refractivity contribution is -0.139. The van der Waals surface area contributed by atoms with Gasteiger partial charge in [0.25, 0.3) is 0 Å². The van der Waals surface area contributed by atoms with Crippen molar-refractivity contribution in [2.24, 2.45) is 16.8 Å². The van der Waals surface area contributed by atoms with Gasteiger partial charge in [-0.1, -0.05) is 36.4 Å². The molecular weight excluding hydrogens is 456 g/mol. The van der Waals surface area contributed by atoms with Gasteiger partial charge in [0.1, 0.15) is 0 Å². The maximum atomic E-state index is 13.4. The number of carboxylic acids is 1. The number of nitrogens with zero attached hydrogens (tertiary/aromatic N) is 3. The maximum absolute atomic E-state index is 13.4. The smallest absolute Gasteiger partial charge is 0.303 e. The first-order valence-corrected chi connectivity index (χ1v) is 12.6. The molecule has 0 amide bonds. The highest BCUT2D eigenvalue weighted by Crippen LogP contribution is 2.42. The van der Waals surface area contributed by atoms with E-state index in [9.17, 15) is 14.7 Å². The van der Waals surface area contributed by atoms with Crippen molar-refractivity contribution in [3.05, 3.63) is 70.3 Å². The Balaban J connectivity index is 1.53. The lowest BCUT2D eigenvalue weighted by Gasteiger charge is -2.42. The summed E-state index contributed by atoms with van der Waals surface area (Å²) in [4.78, 5) is 27.2. The van der Waals surface area contributed by atoms with Gasteiger partial charge in [-0.2, -0.15) is 5.10 Å². The highest BCUT2D eigenvalue weighted by Gasteiger charge is 2.42. The molecule has 0 bridgehead atoms. The van der Waals surface area contributed by atoms with Gasteiger partial charge in [-0.3, -0.25) is 14.6 Å². The van der Waals surface area contributed by atoms with Crippen LogP contribution in [0.3, 0.4) is 0 Å². The van der Waals surface area contributed by atoms with Crippen molar-refractivity contribution in [1.82, 2.24) is 9.91 Å². The Kier molecular flexibility index (Phi) is 8.18. The molecule has 0 radical (unpaired) electrons. The molecular formula is C28H36N4O4. The summed E-state index contributed by atoms with van der Waals surface area (Å²) in [7, 11) is 3.72. The Morgan fingerprint density at radius 3 is 2.50 bits per heavy atom. The van der Waals surface area contributed by atoms with E-state index in [0.717, 1.165) is 49.3 Å². The van der Waals surface area contributed by atoms with Gasteiger partial charge in [-0.15, -0.1) is 0 Å². The number of aryl methyl sites for hydroxylation is 1. The van der Waals surface area contributed by atoms with E-state index in [1.54, 1.807) is 7.11 Å². The summed E-state index contributed by atoms with van der Waals surface area (Å²) in [6.45, 7) is 4.22. The number of hydrogen-bond donors (Lipinski definition) is 2. The van der Waals surface area contributed by atoms with Crippen LogP contribution in [0.1, 0.15) is 51.9 Å². The second-order valence-electron chi connectivity index (χ2n) is 9.94. The van der Waals surface area contributed by atoms with Crippen LogP contribution in [0, 0.1) is 5.92 Å². The van der Waals surface area contributed by atoms with Crippen molar-refractivity contribution in [3.8, 4) is 0 Å². The third kappa shape index (κ3) is 5.83. The quantitative estimate of drug-likeness (QED) is 0.409. The van der Waals surface area contributed by atoms with Crippen LogP contribution in [0.15, 0.2) is 47.6 Å². The molecule has 8 nitrogen and oxygen atoms in total. The van der Waals surface area contributed by atoms with E-state index >= 15 is 0 Å². The molecule has 0 aromatic heterocycles. The van der Waals surface area contributed by atoms with Crippen molar-refractivity contribution >= 4 is 18.0 Å². The molecule has 1 aliphatic heterocycles. The van der Waals surface area contributed by atoms with Crippen LogP contribution in [0.2, 0.25) is 0 Å². The van der Waals surface area contributed by atoms with Crippen LogP contribution in [0.25, 0.3) is 0 Å². The molecule has 1 heterocycles. The summed E-state index contributed by atoms with van der Waals surface area (Å²) >= 11 is 0. The van der Waals surface area contributed by atoms with Crippen molar-refractivity contribution in [1.29, 1.82) is 0 Å². The molecule has 0 saturated carbocycles. The number of methoxy groups -OCH3 is 1. The number of aliphatic carboxylic acids is 1. The predicted octanol–water partition coefficient (Wildman–Crippen LogP) is 2.73. The number of ether oxygens (including phenoxy) is 1. The average Bonchev–Trinajstić information content (AvgIpc) is 2.88. The van der Waals surface area contributed by atoms with Crippen LogP contribution < -0.4 is 5.73 Å². The molecule has 2 atom stereocenters. The fourth-order valence-electron chi connectivity index (χ4n) is 5.23. The number of hydrazone groups is 1. The molecule has 0 spiro atoms. The molecule has 36 heavy (non-hydrogen) atoms. The summed E-state index contributed by atoms with van der Waals surface area (Å²) < 4.78 is 5.29. The van der Waals surface area contributed by atoms with Gasteiger partial charge >= 0.3 is 5.97 Å². The van der Waals surface area contributed by atoms with Gasteiger partial charge in [-0.05, 0) is 55.0 Å². The van der Waals surface area contributed by atoms with E-state index in [1.165, 1.54) is 0 Å². The Morgan fingerprint density at radius 1 is 1.14 bits per heavy atom. The number of nitrogens with two attached hydrogens (primary N) is 1. The van der Waals surface area contributed by atoms with Gasteiger partial charge in [0.05, 0.1) is 12.6 Å². The number of carbonyl (C=O) groups excluding carboxylic acids is 1. The van der Waals surface area contributed by atoms with Gasteiger partial charge in [0.2, 0.25) is 0 Å². The number of benzene rings is 2. The molecule has 1 fully saturated rings. The number of piperazine rings is 1. The number of carbonyl (C=O) groups is 2. The van der Waals surface area contributed by atoms with E-state index in [-0.39, 0.29) is 18.1 Å². The summed E-state index contributed by atoms with van der Waals surface area (Å²) in [6.07, 6.45) is 3.76. The average molecular weight is 493 g/mol. The lowest BCUT2D eigenvalue weighted by atomic mass is 9.66. The first-order chi connectivity index (χ1) is 17.3. The fourth-order valence-corrected chi connectivity index (χ4v) is 5.23. The number of rotatable bonds is 9. The predicted molar refractivity (Wildman–Crippen MR) is 139 cm³/mol. The summed E-state index contributed by atoms with van der Waals surface area (Å²) in [5, 5.41) is 16.1. The first kappa shape index (κ1) is 26.0. The molecule has 1 saturated heterocycles. The van der Waals surface area contributed by atoms with E-state index < -0.39 is 11.5 Å². The van der Waals surface area contributed by atoms with E-state index in [0.29, 0.717) is 30.6 Å². The molecule has 2 aliphatic rings. The Labute approximate surface area is 212 Å². The van der Waals surface area contributed by atoms with Gasteiger partial charge in [0.15, 0.2) is 5.78 Å². The highest BCUT2D eigenvalue weighted by molar-refractivity contribution is 6.09. The summed E-state index contributed by atoms with van der Waals surface area (Å²) in [6, 6.07) is 13.1. The van der Waals surface area contributed by atoms with E-state index in [2.05, 4.69) is 22.1 Å². The molecule has 3 N–H and O–H groups in total. The van der Waals surface area contributed by atoms with E-state index in [4.69, 9.17) is 10.5 Å². The number of hydrogen-bond acceptors (Lipinski definition) is 7. The van der Waals surface area contributed by atoms with Gasteiger partial charge < -0.3 is 20.5 Å². The molecule has 1 aliphatic carbocycles.